The monoisotopic (exact) mass is 195 g/mol. The van der Waals surface area contributed by atoms with Crippen LogP contribution >= 0.6 is 0 Å². The first-order chi connectivity index (χ1) is 6.52. The molecule has 5 N–H and O–H groups in total. The molecule has 1 rings (SSSR count). The maximum absolute atomic E-state index is 10.5. The van der Waals surface area contributed by atoms with Gasteiger partial charge in [-0.05, 0) is 31.7 Å². The third-order valence-corrected chi connectivity index (χ3v) is 1.59. The Morgan fingerprint density at radius 2 is 1.71 bits per heavy atom. The topological polar surface area (TPSA) is 111 Å². The first-order valence-electron chi connectivity index (χ1n) is 3.91. The maximum atomic E-state index is 10.5. The third-order valence-electron chi connectivity index (χ3n) is 1.59. The molecule has 1 aliphatic carbocycles. The largest absolute Gasteiger partial charge is 0.478 e. The van der Waals surface area contributed by atoms with Gasteiger partial charge in [-0.25, -0.2) is 4.79 Å². The zero-order chi connectivity index (χ0) is 11.3. The average molecular weight is 195 g/mol. The van der Waals surface area contributed by atoms with Gasteiger partial charge < -0.3 is 10.8 Å². The minimum absolute atomic E-state index is 0.0532. The molecule has 0 heterocycles. The summed E-state index contributed by atoms with van der Waals surface area (Å²) < 4.78 is 0. The van der Waals surface area contributed by atoms with Gasteiger partial charge in [-0.2, -0.15) is 0 Å². The minimum Gasteiger partial charge on any atom is -0.478 e. The fraction of sp³-hybridized carbons (Fsp3) is 0.222. The van der Waals surface area contributed by atoms with Crippen LogP contribution in [0.5, 0.6) is 0 Å². The lowest BCUT2D eigenvalue weighted by atomic mass is 9.97. The molecule has 0 aromatic heterocycles. The maximum Gasteiger partial charge on any atom is 0.336 e. The number of carbonyl (C=O) groups is 1. The van der Waals surface area contributed by atoms with Gasteiger partial charge >= 0.3 is 5.97 Å². The van der Waals surface area contributed by atoms with Gasteiger partial charge in [-0.1, -0.05) is 0 Å². The van der Waals surface area contributed by atoms with Gasteiger partial charge in [0.1, 0.15) is 0 Å². The predicted molar refractivity (Wildman–Crippen MR) is 55.0 cm³/mol. The molecule has 5 nitrogen and oxygen atoms in total. The molecular formula is C9H13N3O2. The lowest BCUT2D eigenvalue weighted by molar-refractivity contribution is -0.132. The normalized spacial score (nSPS) is 15.1. The van der Waals surface area contributed by atoms with Crippen molar-refractivity contribution < 1.29 is 9.90 Å². The van der Waals surface area contributed by atoms with Crippen LogP contribution in [0, 0.1) is 10.8 Å². The van der Waals surface area contributed by atoms with Gasteiger partial charge in [0.15, 0.2) is 0 Å². The summed E-state index contributed by atoms with van der Waals surface area (Å²) in [7, 11) is 1.50. The molecule has 0 aliphatic heterocycles. The summed E-state index contributed by atoms with van der Waals surface area (Å²) in [6.07, 6.45) is 2.58. The molecule has 0 fully saturated rings. The van der Waals surface area contributed by atoms with E-state index < -0.39 is 5.97 Å². The van der Waals surface area contributed by atoms with Crippen LogP contribution < -0.4 is 5.73 Å². The van der Waals surface area contributed by atoms with Crippen molar-refractivity contribution in [1.29, 1.82) is 10.8 Å². The molecule has 5 heteroatoms. The molecule has 0 saturated carbocycles. The van der Waals surface area contributed by atoms with Crippen LogP contribution in [0.2, 0.25) is 0 Å². The number of nitrogens with one attached hydrogen (secondary N) is 2. The molecule has 0 saturated heterocycles. The van der Waals surface area contributed by atoms with Gasteiger partial charge in [0.2, 0.25) is 0 Å². The van der Waals surface area contributed by atoms with E-state index >= 15 is 0 Å². The molecule has 0 spiro atoms. The van der Waals surface area contributed by atoms with Crippen LogP contribution in [0.15, 0.2) is 23.3 Å². The van der Waals surface area contributed by atoms with E-state index in [1.165, 1.54) is 19.2 Å². The van der Waals surface area contributed by atoms with E-state index in [2.05, 4.69) is 5.73 Å². The fourth-order valence-corrected chi connectivity index (χ4v) is 0.938. The summed E-state index contributed by atoms with van der Waals surface area (Å²) in [4.78, 5) is 10.5. The highest BCUT2D eigenvalue weighted by Crippen LogP contribution is 2.14. The zero-order valence-electron chi connectivity index (χ0n) is 8.09. The second kappa shape index (κ2) is 5.08. The summed E-state index contributed by atoms with van der Waals surface area (Å²) in [6.45, 7) is 1.61. The third kappa shape index (κ3) is 2.63. The van der Waals surface area contributed by atoms with Crippen LogP contribution in [-0.2, 0) is 4.79 Å². The Balaban J connectivity index is 0.000000791. The first kappa shape index (κ1) is 12.2. The number of rotatable bonds is 1. The SMILES string of the molecule is CC1=CC(=N)C(=N)C=C1C(=O)O.CN. The van der Waals surface area contributed by atoms with Crippen LogP contribution in [0.3, 0.4) is 0 Å². The number of hydrogen-bond acceptors (Lipinski definition) is 4. The van der Waals surface area contributed by atoms with Crippen molar-refractivity contribution in [3.8, 4) is 0 Å². The average Bonchev–Trinajstić information content (AvgIpc) is 2.14. The van der Waals surface area contributed by atoms with Crippen molar-refractivity contribution in [3.63, 3.8) is 0 Å². The second-order valence-electron chi connectivity index (χ2n) is 2.52. The molecule has 1 aliphatic rings. The van der Waals surface area contributed by atoms with Crippen LogP contribution in [0.25, 0.3) is 0 Å². The van der Waals surface area contributed by atoms with Crippen molar-refractivity contribution in [2.45, 2.75) is 6.92 Å². The molecule has 14 heavy (non-hydrogen) atoms. The Labute approximate surface area is 81.9 Å². The lowest BCUT2D eigenvalue weighted by Gasteiger charge is -2.09. The van der Waals surface area contributed by atoms with Crippen LogP contribution in [0.4, 0.5) is 0 Å². The Kier molecular flexibility index (Phi) is 4.45. The number of carboxylic acids is 1. The lowest BCUT2D eigenvalue weighted by Crippen LogP contribution is -2.16. The van der Waals surface area contributed by atoms with Crippen molar-refractivity contribution >= 4 is 17.4 Å². The molecule has 0 atom stereocenters. The van der Waals surface area contributed by atoms with E-state index in [0.29, 0.717) is 5.57 Å². The van der Waals surface area contributed by atoms with E-state index in [1.807, 2.05) is 0 Å². The Bertz CT molecular complexity index is 340. The van der Waals surface area contributed by atoms with Crippen molar-refractivity contribution in [2.75, 3.05) is 7.05 Å². The van der Waals surface area contributed by atoms with Crippen molar-refractivity contribution in [1.82, 2.24) is 0 Å². The van der Waals surface area contributed by atoms with Crippen molar-refractivity contribution in [2.24, 2.45) is 5.73 Å². The minimum atomic E-state index is -1.05. The standard InChI is InChI=1S/C8H8N2O2.CH5N/c1-4-2-6(9)7(10)3-5(4)8(11)12;1-2/h2-3,9-10H,1H3,(H,11,12);2H2,1H3. The van der Waals surface area contributed by atoms with E-state index in [0.717, 1.165) is 0 Å². The Hall–Kier alpha value is -1.75. The highest BCUT2D eigenvalue weighted by Gasteiger charge is 2.16. The molecule has 0 bridgehead atoms. The first-order valence-corrected chi connectivity index (χ1v) is 3.91. The smallest absolute Gasteiger partial charge is 0.336 e. The molecule has 0 unspecified atom stereocenters. The van der Waals surface area contributed by atoms with E-state index in [-0.39, 0.29) is 17.0 Å². The Morgan fingerprint density at radius 1 is 1.29 bits per heavy atom. The van der Waals surface area contributed by atoms with Gasteiger partial charge in [0, 0.05) is 0 Å². The van der Waals surface area contributed by atoms with Crippen LogP contribution in [0.1, 0.15) is 6.92 Å². The molecule has 76 valence electrons. The van der Waals surface area contributed by atoms with E-state index in [4.69, 9.17) is 15.9 Å². The Morgan fingerprint density at radius 3 is 2.14 bits per heavy atom. The molecule has 0 radical (unpaired) electrons. The number of carboxylic acid groups (broad SMARTS) is 1. The summed E-state index contributed by atoms with van der Waals surface area (Å²) in [6, 6.07) is 0. The summed E-state index contributed by atoms with van der Waals surface area (Å²) in [5.74, 6) is -1.05. The number of allylic oxidation sites excluding steroid dienone is 2. The predicted octanol–water partition coefficient (Wildman–Crippen LogP) is 0.572. The van der Waals surface area contributed by atoms with Gasteiger partial charge in [0.25, 0.3) is 0 Å². The zero-order valence-corrected chi connectivity index (χ0v) is 8.09. The molecule has 0 aromatic carbocycles. The highest BCUT2D eigenvalue weighted by atomic mass is 16.4. The van der Waals surface area contributed by atoms with Crippen molar-refractivity contribution in [3.05, 3.63) is 23.3 Å². The molecule has 0 aromatic rings. The van der Waals surface area contributed by atoms with E-state index in [9.17, 15) is 4.79 Å². The highest BCUT2D eigenvalue weighted by molar-refractivity contribution is 6.50. The van der Waals surface area contributed by atoms with Gasteiger partial charge in [0.05, 0.1) is 17.0 Å². The second-order valence-corrected chi connectivity index (χ2v) is 2.52. The van der Waals surface area contributed by atoms with Crippen LogP contribution in [-0.4, -0.2) is 29.5 Å². The number of nitrogens with two attached hydrogens (primary N) is 1. The molecular weight excluding hydrogens is 182 g/mol. The summed E-state index contributed by atoms with van der Waals surface area (Å²) in [5.41, 5.74) is 5.11. The van der Waals surface area contributed by atoms with Gasteiger partial charge in [-0.15, -0.1) is 0 Å². The van der Waals surface area contributed by atoms with E-state index in [1.54, 1.807) is 6.92 Å². The molecule has 0 amide bonds. The fourth-order valence-electron chi connectivity index (χ4n) is 0.938. The number of aliphatic carboxylic acids is 1. The quantitative estimate of drug-likeness (QED) is 0.459. The summed E-state index contributed by atoms with van der Waals surface area (Å²) in [5, 5.41) is 23.1. The summed E-state index contributed by atoms with van der Waals surface area (Å²) >= 11 is 0. The number of hydrogen-bond donors (Lipinski definition) is 4. The van der Waals surface area contributed by atoms with Gasteiger partial charge in [-0.3, -0.25) is 10.8 Å².